The number of hydrogen-bond donors (Lipinski definition) is 2. The van der Waals surface area contributed by atoms with Gasteiger partial charge in [-0.1, -0.05) is 6.07 Å². The quantitative estimate of drug-likeness (QED) is 0.757. The highest BCUT2D eigenvalue weighted by Gasteiger charge is 2.07. The summed E-state index contributed by atoms with van der Waals surface area (Å²) < 4.78 is 1.37. The Kier molecular flexibility index (Phi) is 3.04. The Morgan fingerprint density at radius 1 is 1.58 bits per heavy atom. The molecule has 0 aromatic carbocycles. The molecule has 7 heteroatoms. The van der Waals surface area contributed by atoms with Crippen LogP contribution in [-0.2, 0) is 6.42 Å². The SMILES string of the molecule is CC(Cc1cccs1)Nc1cc2n[nH]c(=O)n2cn1. The third kappa shape index (κ3) is 2.50. The lowest BCUT2D eigenvalue weighted by Gasteiger charge is -2.13. The molecule has 1 unspecified atom stereocenters. The molecule has 0 spiro atoms. The molecular formula is C12H13N5OS. The molecule has 0 aliphatic rings. The first-order valence-electron chi connectivity index (χ1n) is 5.94. The minimum atomic E-state index is -0.277. The monoisotopic (exact) mass is 275 g/mol. The molecule has 3 aromatic heterocycles. The average molecular weight is 275 g/mol. The Morgan fingerprint density at radius 3 is 3.26 bits per heavy atom. The third-order valence-electron chi connectivity index (χ3n) is 2.79. The fraction of sp³-hybridized carbons (Fsp3) is 0.250. The minimum absolute atomic E-state index is 0.263. The van der Waals surface area contributed by atoms with Gasteiger partial charge in [-0.05, 0) is 18.4 Å². The Hall–Kier alpha value is -2.15. The summed E-state index contributed by atoms with van der Waals surface area (Å²) in [5, 5.41) is 11.7. The van der Waals surface area contributed by atoms with Crippen molar-refractivity contribution in [3.05, 3.63) is 45.3 Å². The number of aromatic amines is 1. The van der Waals surface area contributed by atoms with Crippen molar-refractivity contribution < 1.29 is 0 Å². The Bertz CT molecular complexity index is 730. The van der Waals surface area contributed by atoms with Crippen LogP contribution in [0, 0.1) is 0 Å². The van der Waals surface area contributed by atoms with E-state index in [1.54, 1.807) is 17.4 Å². The molecule has 3 heterocycles. The van der Waals surface area contributed by atoms with E-state index in [4.69, 9.17) is 0 Å². The van der Waals surface area contributed by atoms with Crippen LogP contribution in [0.25, 0.3) is 5.65 Å². The first-order chi connectivity index (χ1) is 9.22. The van der Waals surface area contributed by atoms with Crippen LogP contribution in [0.2, 0.25) is 0 Å². The lowest BCUT2D eigenvalue weighted by molar-refractivity contribution is 0.792. The predicted octanol–water partition coefficient (Wildman–Crippen LogP) is 1.52. The van der Waals surface area contributed by atoms with Crippen LogP contribution in [0.15, 0.2) is 34.7 Å². The molecule has 3 rings (SSSR count). The lowest BCUT2D eigenvalue weighted by Crippen LogP contribution is -2.19. The van der Waals surface area contributed by atoms with Gasteiger partial charge in [-0.15, -0.1) is 11.3 Å². The van der Waals surface area contributed by atoms with E-state index in [2.05, 4.69) is 38.9 Å². The molecule has 0 aliphatic carbocycles. The molecule has 0 saturated heterocycles. The van der Waals surface area contributed by atoms with E-state index >= 15 is 0 Å². The van der Waals surface area contributed by atoms with Crippen LogP contribution in [0.5, 0.6) is 0 Å². The number of rotatable bonds is 4. The fourth-order valence-electron chi connectivity index (χ4n) is 1.92. The third-order valence-corrected chi connectivity index (χ3v) is 3.69. The maximum atomic E-state index is 11.3. The van der Waals surface area contributed by atoms with E-state index in [0.29, 0.717) is 5.65 Å². The molecule has 2 N–H and O–H groups in total. The van der Waals surface area contributed by atoms with Crippen molar-refractivity contribution >= 4 is 22.8 Å². The highest BCUT2D eigenvalue weighted by atomic mass is 32.1. The average Bonchev–Trinajstić information content (AvgIpc) is 3.00. The number of nitrogens with zero attached hydrogens (tertiary/aromatic N) is 3. The molecule has 98 valence electrons. The van der Waals surface area contributed by atoms with Gasteiger partial charge in [-0.3, -0.25) is 0 Å². The number of thiophene rings is 1. The standard InChI is InChI=1S/C12H13N5OS/c1-8(5-9-3-2-4-19-9)14-10-6-11-15-16-12(18)17(11)7-13-10/h2-4,6-8,14H,5H2,1H3,(H,16,18). The number of H-pyrrole nitrogens is 1. The van der Waals surface area contributed by atoms with Gasteiger partial charge in [0.05, 0.1) is 0 Å². The Labute approximate surface area is 113 Å². The summed E-state index contributed by atoms with van der Waals surface area (Å²) in [7, 11) is 0. The molecule has 0 bridgehead atoms. The van der Waals surface area contributed by atoms with Crippen molar-refractivity contribution in [2.75, 3.05) is 5.32 Å². The molecular weight excluding hydrogens is 262 g/mol. The van der Waals surface area contributed by atoms with Crippen LogP contribution < -0.4 is 11.0 Å². The van der Waals surface area contributed by atoms with Crippen LogP contribution in [0.3, 0.4) is 0 Å². The van der Waals surface area contributed by atoms with Gasteiger partial charge in [-0.25, -0.2) is 19.3 Å². The van der Waals surface area contributed by atoms with Crippen LogP contribution in [0.1, 0.15) is 11.8 Å². The summed E-state index contributed by atoms with van der Waals surface area (Å²) in [6, 6.07) is 6.18. The predicted molar refractivity (Wildman–Crippen MR) is 74.7 cm³/mol. The molecule has 1 atom stereocenters. The summed E-state index contributed by atoms with van der Waals surface area (Å²) in [4.78, 5) is 16.8. The molecule has 0 fully saturated rings. The van der Waals surface area contributed by atoms with Gasteiger partial charge in [0, 0.05) is 23.4 Å². The molecule has 0 amide bonds. The van der Waals surface area contributed by atoms with Gasteiger partial charge in [-0.2, -0.15) is 5.10 Å². The normalized spacial score (nSPS) is 12.7. The lowest BCUT2D eigenvalue weighted by atomic mass is 10.2. The zero-order chi connectivity index (χ0) is 13.2. The second-order valence-electron chi connectivity index (χ2n) is 4.36. The first-order valence-corrected chi connectivity index (χ1v) is 6.82. The van der Waals surface area contributed by atoms with Crippen molar-refractivity contribution in [2.45, 2.75) is 19.4 Å². The molecule has 0 aliphatic heterocycles. The van der Waals surface area contributed by atoms with Gasteiger partial charge in [0.15, 0.2) is 5.65 Å². The van der Waals surface area contributed by atoms with Gasteiger partial charge in [0.2, 0.25) is 0 Å². The summed E-state index contributed by atoms with van der Waals surface area (Å²) in [6.07, 6.45) is 2.42. The smallest absolute Gasteiger partial charge is 0.348 e. The number of anilines is 1. The fourth-order valence-corrected chi connectivity index (χ4v) is 2.76. The zero-order valence-electron chi connectivity index (χ0n) is 10.3. The first kappa shape index (κ1) is 11.9. The largest absolute Gasteiger partial charge is 0.367 e. The summed E-state index contributed by atoms with van der Waals surface area (Å²) >= 11 is 1.74. The highest BCUT2D eigenvalue weighted by Crippen LogP contribution is 2.13. The molecule has 19 heavy (non-hydrogen) atoms. The number of fused-ring (bicyclic) bond motifs is 1. The molecule has 3 aromatic rings. The van der Waals surface area contributed by atoms with E-state index in [1.807, 2.05) is 6.07 Å². The van der Waals surface area contributed by atoms with E-state index in [1.165, 1.54) is 15.6 Å². The molecule has 6 nitrogen and oxygen atoms in total. The van der Waals surface area contributed by atoms with Crippen LogP contribution in [0.4, 0.5) is 5.82 Å². The maximum absolute atomic E-state index is 11.3. The molecule has 0 saturated carbocycles. The van der Waals surface area contributed by atoms with Crippen molar-refractivity contribution in [3.8, 4) is 0 Å². The van der Waals surface area contributed by atoms with E-state index in [9.17, 15) is 4.79 Å². The number of nitrogens with one attached hydrogen (secondary N) is 2. The molecule has 0 radical (unpaired) electrons. The number of hydrogen-bond acceptors (Lipinski definition) is 5. The minimum Gasteiger partial charge on any atom is -0.367 e. The topological polar surface area (TPSA) is 75.1 Å². The van der Waals surface area contributed by atoms with Crippen molar-refractivity contribution in [1.82, 2.24) is 19.6 Å². The van der Waals surface area contributed by atoms with Gasteiger partial charge >= 0.3 is 5.69 Å². The van der Waals surface area contributed by atoms with Gasteiger partial charge in [0.25, 0.3) is 0 Å². The van der Waals surface area contributed by atoms with E-state index in [0.717, 1.165) is 12.2 Å². The van der Waals surface area contributed by atoms with E-state index in [-0.39, 0.29) is 11.7 Å². The van der Waals surface area contributed by atoms with Crippen molar-refractivity contribution in [3.63, 3.8) is 0 Å². The number of aromatic nitrogens is 4. The highest BCUT2D eigenvalue weighted by molar-refractivity contribution is 7.09. The van der Waals surface area contributed by atoms with Crippen molar-refractivity contribution in [1.29, 1.82) is 0 Å². The summed E-state index contributed by atoms with van der Waals surface area (Å²) in [5.41, 5.74) is 0.284. The Balaban J connectivity index is 1.75. The van der Waals surface area contributed by atoms with Gasteiger partial charge in [0.1, 0.15) is 12.1 Å². The second-order valence-corrected chi connectivity index (χ2v) is 5.39. The Morgan fingerprint density at radius 2 is 2.47 bits per heavy atom. The van der Waals surface area contributed by atoms with Crippen LogP contribution >= 0.6 is 11.3 Å². The summed E-state index contributed by atoms with van der Waals surface area (Å²) in [6.45, 7) is 2.10. The second kappa shape index (κ2) is 4.85. The summed E-state index contributed by atoms with van der Waals surface area (Å²) in [5.74, 6) is 0.718. The zero-order valence-corrected chi connectivity index (χ0v) is 11.1. The van der Waals surface area contributed by atoms with Crippen molar-refractivity contribution in [2.24, 2.45) is 0 Å². The van der Waals surface area contributed by atoms with Gasteiger partial charge < -0.3 is 5.32 Å². The maximum Gasteiger partial charge on any atom is 0.348 e. The van der Waals surface area contributed by atoms with E-state index < -0.39 is 0 Å². The van der Waals surface area contributed by atoms with Crippen LogP contribution in [-0.4, -0.2) is 25.6 Å².